The number of halogens is 9. The molecule has 0 aromatic rings. The van der Waals surface area contributed by atoms with E-state index >= 15 is 0 Å². The molecular weight excluding hydrogens is 281 g/mol. The fourth-order valence-corrected chi connectivity index (χ4v) is 1.51. The summed E-state index contributed by atoms with van der Waals surface area (Å²) in [6.07, 6.45) is -20.6. The van der Waals surface area contributed by atoms with E-state index in [9.17, 15) is 43.7 Å². The van der Waals surface area contributed by atoms with Crippen molar-refractivity contribution in [3.63, 3.8) is 0 Å². The molecule has 0 aromatic heterocycles. The highest BCUT2D eigenvalue weighted by molar-refractivity contribution is 7.84. The van der Waals surface area contributed by atoms with Crippen LogP contribution in [0.1, 0.15) is 0 Å². The molecule has 0 radical (unpaired) electrons. The van der Waals surface area contributed by atoms with Gasteiger partial charge in [-0.2, -0.15) is 39.5 Å². The second-order valence-corrected chi connectivity index (χ2v) is 3.68. The maximum atomic E-state index is 11.9. The first-order chi connectivity index (χ1) is 6.69. The Bertz CT molecular complexity index is 251. The topological polar surface area (TPSA) is 43.1 Å². The van der Waals surface area contributed by atoms with Gasteiger partial charge in [-0.25, -0.2) is 4.21 Å². The molecule has 0 rings (SSSR count). The zero-order valence-electron chi connectivity index (χ0n) is 6.80. The monoisotopic (exact) mass is 283 g/mol. The number of hydrogen-bond donors (Lipinski definition) is 1. The second kappa shape index (κ2) is 3.75. The lowest BCUT2D eigenvalue weighted by Gasteiger charge is -2.35. The van der Waals surface area contributed by atoms with Crippen LogP contribution in [-0.4, -0.2) is 27.5 Å². The van der Waals surface area contributed by atoms with Crippen molar-refractivity contribution < 1.29 is 43.7 Å². The molecule has 1 unspecified atom stereocenters. The van der Waals surface area contributed by atoms with Crippen LogP contribution < -0.4 is 5.14 Å². The van der Waals surface area contributed by atoms with Gasteiger partial charge in [0, 0.05) is 0 Å². The van der Waals surface area contributed by atoms with Crippen LogP contribution in [0.25, 0.3) is 0 Å². The zero-order chi connectivity index (χ0) is 13.6. The van der Waals surface area contributed by atoms with Gasteiger partial charge in [-0.05, 0) is 0 Å². The van der Waals surface area contributed by atoms with Gasteiger partial charge < -0.3 is 0 Å². The number of hydrogen-bond acceptors (Lipinski definition) is 1. The summed E-state index contributed by atoms with van der Waals surface area (Å²) in [6, 6.07) is 0. The molecular formula is C4H2F9NOS. The van der Waals surface area contributed by atoms with Crippen molar-refractivity contribution in [3.05, 3.63) is 0 Å². The smallest absolute Gasteiger partial charge is 0.250 e. The lowest BCUT2D eigenvalue weighted by Crippen LogP contribution is -2.69. The van der Waals surface area contributed by atoms with Gasteiger partial charge in [-0.3, -0.25) is 5.14 Å². The van der Waals surface area contributed by atoms with Crippen LogP contribution in [0.2, 0.25) is 0 Å². The van der Waals surface area contributed by atoms with Crippen molar-refractivity contribution in [2.45, 2.75) is 23.3 Å². The van der Waals surface area contributed by atoms with Crippen molar-refractivity contribution in [2.24, 2.45) is 5.14 Å². The largest absolute Gasteiger partial charge is 0.425 e. The highest BCUT2D eigenvalue weighted by Crippen LogP contribution is 2.55. The van der Waals surface area contributed by atoms with Crippen LogP contribution in [0, 0.1) is 0 Å². The summed E-state index contributed by atoms with van der Waals surface area (Å²) in [4.78, 5) is 0. The predicted molar refractivity (Wildman–Crippen MR) is 33.2 cm³/mol. The molecule has 0 fully saturated rings. The Morgan fingerprint density at radius 1 is 0.688 bits per heavy atom. The maximum Gasteiger partial charge on any atom is 0.425 e. The third kappa shape index (κ3) is 1.99. The molecule has 0 saturated heterocycles. The fourth-order valence-electron chi connectivity index (χ4n) is 0.824. The molecule has 2 nitrogen and oxygen atoms in total. The molecule has 0 aliphatic rings. The van der Waals surface area contributed by atoms with Crippen molar-refractivity contribution in [2.75, 3.05) is 0 Å². The molecule has 1 atom stereocenters. The molecule has 16 heavy (non-hydrogen) atoms. The van der Waals surface area contributed by atoms with Crippen molar-refractivity contribution in [1.29, 1.82) is 0 Å². The van der Waals surface area contributed by atoms with Crippen molar-refractivity contribution in [3.8, 4) is 0 Å². The van der Waals surface area contributed by atoms with Gasteiger partial charge in [0.05, 0.1) is 0 Å². The van der Waals surface area contributed by atoms with Crippen molar-refractivity contribution >= 4 is 11.0 Å². The summed E-state index contributed by atoms with van der Waals surface area (Å²) in [5, 5.41) is 3.74. The summed E-state index contributed by atoms with van der Waals surface area (Å²) >= 11 is 0. The maximum absolute atomic E-state index is 11.9. The first kappa shape index (κ1) is 15.5. The molecule has 0 spiro atoms. The van der Waals surface area contributed by atoms with Crippen LogP contribution in [0.15, 0.2) is 0 Å². The molecule has 0 aliphatic carbocycles. The quantitative estimate of drug-likeness (QED) is 0.735. The lowest BCUT2D eigenvalue weighted by atomic mass is 10.1. The van der Waals surface area contributed by atoms with Crippen molar-refractivity contribution in [1.82, 2.24) is 0 Å². The van der Waals surface area contributed by atoms with E-state index in [1.807, 2.05) is 0 Å². The fraction of sp³-hybridized carbons (Fsp3) is 1.00. The van der Waals surface area contributed by atoms with Gasteiger partial charge in [-0.15, -0.1) is 0 Å². The van der Waals surface area contributed by atoms with E-state index in [2.05, 4.69) is 5.14 Å². The standard InChI is InChI=1S/C4H2F9NOS/c5-2(6,7)1(16(14)15,3(8,9)10)4(11,12)13/h14H2. The second-order valence-electron chi connectivity index (χ2n) is 2.47. The molecule has 0 amide bonds. The Balaban J connectivity index is 6.17. The summed E-state index contributed by atoms with van der Waals surface area (Å²) < 4.78 is 111. The van der Waals surface area contributed by atoms with E-state index in [0.29, 0.717) is 0 Å². The molecule has 12 heteroatoms. The Morgan fingerprint density at radius 2 is 0.875 bits per heavy atom. The average Bonchev–Trinajstić information content (AvgIpc) is 1.71. The number of rotatable bonds is 1. The highest BCUT2D eigenvalue weighted by atomic mass is 32.2. The minimum Gasteiger partial charge on any atom is -0.250 e. The summed E-state index contributed by atoms with van der Waals surface area (Å²) in [5.74, 6) is 0. The molecule has 0 bridgehead atoms. The summed E-state index contributed by atoms with van der Waals surface area (Å²) in [7, 11) is -4.75. The molecule has 98 valence electrons. The molecule has 2 N–H and O–H groups in total. The average molecular weight is 283 g/mol. The third-order valence-corrected chi connectivity index (χ3v) is 2.80. The van der Waals surface area contributed by atoms with Crippen LogP contribution in [0.5, 0.6) is 0 Å². The van der Waals surface area contributed by atoms with Gasteiger partial charge in [0.1, 0.15) is 11.0 Å². The summed E-state index contributed by atoms with van der Waals surface area (Å²) in [6.45, 7) is 0. The highest BCUT2D eigenvalue weighted by Gasteiger charge is 2.87. The first-order valence-corrected chi connectivity index (χ1v) is 4.27. The van der Waals surface area contributed by atoms with E-state index in [1.54, 1.807) is 0 Å². The molecule has 0 heterocycles. The third-order valence-electron chi connectivity index (χ3n) is 1.50. The minimum absolute atomic E-state index is 3.74. The first-order valence-electron chi connectivity index (χ1n) is 3.06. The van der Waals surface area contributed by atoms with Crippen LogP contribution >= 0.6 is 0 Å². The molecule has 0 saturated carbocycles. The van der Waals surface area contributed by atoms with Crippen LogP contribution in [-0.2, 0) is 11.0 Å². The van der Waals surface area contributed by atoms with E-state index in [4.69, 9.17) is 0 Å². The summed E-state index contributed by atoms with van der Waals surface area (Å²) in [5.41, 5.74) is 0. The van der Waals surface area contributed by atoms with Crippen LogP contribution in [0.4, 0.5) is 39.5 Å². The van der Waals surface area contributed by atoms with Crippen LogP contribution in [0.3, 0.4) is 0 Å². The van der Waals surface area contributed by atoms with Gasteiger partial charge in [-0.1, -0.05) is 0 Å². The Kier molecular flexibility index (Phi) is 3.63. The predicted octanol–water partition coefficient (Wildman–Crippen LogP) is 2.03. The van der Waals surface area contributed by atoms with Gasteiger partial charge in [0.15, 0.2) is 0 Å². The number of nitrogens with two attached hydrogens (primary N) is 1. The SMILES string of the molecule is NS(=O)C(C(F)(F)F)(C(F)(F)F)C(F)(F)F. The zero-order valence-corrected chi connectivity index (χ0v) is 7.61. The Labute approximate surface area is 84.2 Å². The number of alkyl halides is 9. The van der Waals surface area contributed by atoms with Gasteiger partial charge >= 0.3 is 23.3 Å². The van der Waals surface area contributed by atoms with Gasteiger partial charge in [0.2, 0.25) is 0 Å². The van der Waals surface area contributed by atoms with E-state index in [0.717, 1.165) is 0 Å². The Hall–Kier alpha value is -0.520. The van der Waals surface area contributed by atoms with E-state index in [-0.39, 0.29) is 0 Å². The van der Waals surface area contributed by atoms with E-state index < -0.39 is 34.3 Å². The minimum atomic E-state index is -6.87. The normalized spacial score (nSPS) is 17.4. The lowest BCUT2D eigenvalue weighted by molar-refractivity contribution is -0.346. The molecule has 0 aliphatic heterocycles. The molecule has 0 aromatic carbocycles. The Morgan fingerprint density at radius 3 is 0.875 bits per heavy atom. The van der Waals surface area contributed by atoms with Gasteiger partial charge in [0.25, 0.3) is 0 Å². The van der Waals surface area contributed by atoms with E-state index in [1.165, 1.54) is 0 Å².